The first-order valence-electron chi connectivity index (χ1n) is 7.41. The number of carbonyl (C=O) groups is 2. The van der Waals surface area contributed by atoms with Crippen molar-refractivity contribution in [3.63, 3.8) is 0 Å². The van der Waals surface area contributed by atoms with Crippen molar-refractivity contribution in [3.05, 3.63) is 39.4 Å². The third kappa shape index (κ3) is 2.94. The molecule has 1 aromatic rings. The van der Waals surface area contributed by atoms with Gasteiger partial charge in [-0.3, -0.25) is 24.6 Å². The maximum absolute atomic E-state index is 12.5. The van der Waals surface area contributed by atoms with Gasteiger partial charge in [0.25, 0.3) is 17.5 Å². The Bertz CT molecular complexity index is 656. The molecule has 23 heavy (non-hydrogen) atoms. The number of carbonyl (C=O) groups excluding carboxylic acids is 2. The Hall–Kier alpha value is -1.99. The first kappa shape index (κ1) is 17.4. The van der Waals surface area contributed by atoms with E-state index in [2.05, 4.69) is 11.8 Å². The molecule has 2 heterocycles. The third-order valence-corrected chi connectivity index (χ3v) is 4.48. The normalized spacial score (nSPS) is 18.7. The summed E-state index contributed by atoms with van der Waals surface area (Å²) in [6.45, 7) is 4.76. The molecule has 0 aromatic heterocycles. The van der Waals surface area contributed by atoms with Crippen LogP contribution in [0.5, 0.6) is 0 Å². The molecule has 0 atom stereocenters. The average molecular weight is 340 g/mol. The van der Waals surface area contributed by atoms with E-state index in [-0.39, 0.29) is 41.2 Å². The van der Waals surface area contributed by atoms with E-state index >= 15 is 0 Å². The van der Waals surface area contributed by atoms with Crippen LogP contribution in [-0.2, 0) is 0 Å². The molecule has 2 amide bonds. The highest BCUT2D eigenvalue weighted by molar-refractivity contribution is 6.21. The zero-order valence-electron chi connectivity index (χ0n) is 12.7. The van der Waals surface area contributed by atoms with Crippen LogP contribution >= 0.6 is 12.4 Å². The number of fused-ring (bicyclic) bond motifs is 1. The highest BCUT2D eigenvalue weighted by Crippen LogP contribution is 2.30. The van der Waals surface area contributed by atoms with E-state index in [1.165, 1.54) is 23.1 Å². The van der Waals surface area contributed by atoms with Gasteiger partial charge in [-0.25, -0.2) is 0 Å². The van der Waals surface area contributed by atoms with E-state index in [0.29, 0.717) is 0 Å². The third-order valence-electron chi connectivity index (χ3n) is 4.48. The minimum absolute atomic E-state index is 0. The van der Waals surface area contributed by atoms with Gasteiger partial charge in [-0.15, -0.1) is 12.4 Å². The van der Waals surface area contributed by atoms with Crippen molar-refractivity contribution in [1.82, 2.24) is 9.80 Å². The number of non-ortho nitro benzene ring substituents is 1. The maximum atomic E-state index is 12.5. The number of hydrogen-bond donors (Lipinski definition) is 0. The van der Waals surface area contributed by atoms with Crippen molar-refractivity contribution in [3.8, 4) is 0 Å². The summed E-state index contributed by atoms with van der Waals surface area (Å²) in [5, 5.41) is 10.8. The molecule has 2 aliphatic rings. The van der Waals surface area contributed by atoms with Crippen LogP contribution in [0.3, 0.4) is 0 Å². The van der Waals surface area contributed by atoms with Crippen LogP contribution in [0.2, 0.25) is 0 Å². The van der Waals surface area contributed by atoms with Crippen molar-refractivity contribution in [1.29, 1.82) is 0 Å². The summed E-state index contributed by atoms with van der Waals surface area (Å²) in [4.78, 5) is 38.8. The van der Waals surface area contributed by atoms with Crippen LogP contribution in [0.4, 0.5) is 5.69 Å². The minimum atomic E-state index is -0.555. The predicted molar refractivity (Wildman–Crippen MR) is 86.0 cm³/mol. The van der Waals surface area contributed by atoms with Gasteiger partial charge in [0.2, 0.25) is 0 Å². The molecule has 1 saturated heterocycles. The van der Waals surface area contributed by atoms with Gasteiger partial charge in [-0.05, 0) is 25.5 Å². The quantitative estimate of drug-likeness (QED) is 0.478. The highest BCUT2D eigenvalue weighted by Gasteiger charge is 2.41. The number of nitrogens with zero attached hydrogens (tertiary/aromatic N) is 3. The van der Waals surface area contributed by atoms with Crippen molar-refractivity contribution < 1.29 is 14.5 Å². The molecular weight excluding hydrogens is 322 g/mol. The van der Waals surface area contributed by atoms with Crippen molar-refractivity contribution in [2.75, 3.05) is 19.6 Å². The van der Waals surface area contributed by atoms with E-state index in [1.54, 1.807) is 0 Å². The van der Waals surface area contributed by atoms with Crippen LogP contribution in [0.15, 0.2) is 18.2 Å². The molecule has 2 aliphatic heterocycles. The Balaban J connectivity index is 0.00000192. The topological polar surface area (TPSA) is 83.8 Å². The summed E-state index contributed by atoms with van der Waals surface area (Å²) in [6, 6.07) is 3.74. The number of imide groups is 1. The number of halogens is 1. The first-order chi connectivity index (χ1) is 10.5. The molecule has 0 N–H and O–H groups in total. The SMILES string of the molecule is CCN1CCC(N2C(=O)c3ccc([N+](=O)[O-])cc3C2=O)CC1.Cl. The maximum Gasteiger partial charge on any atom is 0.270 e. The lowest BCUT2D eigenvalue weighted by Gasteiger charge is -2.35. The van der Waals surface area contributed by atoms with Gasteiger partial charge < -0.3 is 4.90 Å². The fourth-order valence-electron chi connectivity index (χ4n) is 3.19. The molecular formula is C15H18ClN3O4. The van der Waals surface area contributed by atoms with Crippen LogP contribution in [0.25, 0.3) is 0 Å². The van der Waals surface area contributed by atoms with E-state index < -0.39 is 10.8 Å². The monoisotopic (exact) mass is 339 g/mol. The van der Waals surface area contributed by atoms with Crippen LogP contribution in [0.1, 0.15) is 40.5 Å². The van der Waals surface area contributed by atoms with Gasteiger partial charge >= 0.3 is 0 Å². The number of nitro groups is 1. The number of likely N-dealkylation sites (tertiary alicyclic amines) is 1. The zero-order chi connectivity index (χ0) is 15.9. The van der Waals surface area contributed by atoms with Gasteiger partial charge in [0.05, 0.1) is 16.1 Å². The average Bonchev–Trinajstić information content (AvgIpc) is 2.78. The second-order valence-corrected chi connectivity index (χ2v) is 5.63. The first-order valence-corrected chi connectivity index (χ1v) is 7.41. The van der Waals surface area contributed by atoms with E-state index in [9.17, 15) is 19.7 Å². The van der Waals surface area contributed by atoms with Crippen LogP contribution < -0.4 is 0 Å². The summed E-state index contributed by atoms with van der Waals surface area (Å²) >= 11 is 0. The van der Waals surface area contributed by atoms with E-state index in [4.69, 9.17) is 0 Å². The number of hydrogen-bond acceptors (Lipinski definition) is 5. The second kappa shape index (κ2) is 6.64. The molecule has 124 valence electrons. The Morgan fingerprint density at radius 1 is 1.17 bits per heavy atom. The highest BCUT2D eigenvalue weighted by atomic mass is 35.5. The minimum Gasteiger partial charge on any atom is -0.303 e. The summed E-state index contributed by atoms with van der Waals surface area (Å²) < 4.78 is 0. The number of nitro benzene ring substituents is 1. The molecule has 1 aromatic carbocycles. The van der Waals surface area contributed by atoms with Gasteiger partial charge in [0.1, 0.15) is 0 Å². The molecule has 0 spiro atoms. The van der Waals surface area contributed by atoms with Crippen LogP contribution in [0, 0.1) is 10.1 Å². The van der Waals surface area contributed by atoms with Crippen molar-refractivity contribution in [2.45, 2.75) is 25.8 Å². The molecule has 0 radical (unpaired) electrons. The number of benzene rings is 1. The largest absolute Gasteiger partial charge is 0.303 e. The molecule has 0 unspecified atom stereocenters. The fourth-order valence-corrected chi connectivity index (χ4v) is 3.19. The second-order valence-electron chi connectivity index (χ2n) is 5.63. The lowest BCUT2D eigenvalue weighted by molar-refractivity contribution is -0.384. The zero-order valence-corrected chi connectivity index (χ0v) is 13.5. The van der Waals surface area contributed by atoms with Crippen molar-refractivity contribution >= 4 is 29.9 Å². The summed E-state index contributed by atoms with van der Waals surface area (Å²) in [5.41, 5.74) is 0.258. The van der Waals surface area contributed by atoms with Gasteiger partial charge in [-0.2, -0.15) is 0 Å². The van der Waals surface area contributed by atoms with Crippen LogP contribution in [-0.4, -0.2) is 52.2 Å². The van der Waals surface area contributed by atoms with Gasteiger partial charge in [-0.1, -0.05) is 6.92 Å². The van der Waals surface area contributed by atoms with Gasteiger partial charge in [0, 0.05) is 31.3 Å². The summed E-state index contributed by atoms with van der Waals surface area (Å²) in [6.07, 6.45) is 1.50. The number of amides is 2. The molecule has 0 saturated carbocycles. The molecule has 1 fully saturated rings. The molecule has 7 nitrogen and oxygen atoms in total. The smallest absolute Gasteiger partial charge is 0.270 e. The van der Waals surface area contributed by atoms with Crippen molar-refractivity contribution in [2.24, 2.45) is 0 Å². The standard InChI is InChI=1S/C15H17N3O4.ClH/c1-2-16-7-5-10(6-8-16)17-14(19)12-4-3-11(18(21)22)9-13(12)15(17)20;/h3-4,9-10H,2,5-8H2,1H3;1H. The Morgan fingerprint density at radius 2 is 1.78 bits per heavy atom. The summed E-state index contributed by atoms with van der Waals surface area (Å²) in [7, 11) is 0. The molecule has 8 heteroatoms. The molecule has 0 aliphatic carbocycles. The molecule has 3 rings (SSSR count). The predicted octanol–water partition coefficient (Wildman–Crippen LogP) is 2.10. The van der Waals surface area contributed by atoms with E-state index in [0.717, 1.165) is 32.5 Å². The number of rotatable bonds is 3. The lowest BCUT2D eigenvalue weighted by Crippen LogP contribution is -2.47. The Kier molecular flexibility index (Phi) is 5.01. The van der Waals surface area contributed by atoms with Gasteiger partial charge in [0.15, 0.2) is 0 Å². The Morgan fingerprint density at radius 3 is 2.35 bits per heavy atom. The number of piperidine rings is 1. The molecule has 0 bridgehead atoms. The summed E-state index contributed by atoms with van der Waals surface area (Å²) in [5.74, 6) is -0.733. The van der Waals surface area contributed by atoms with E-state index in [1.807, 2.05) is 0 Å². The Labute approximate surface area is 139 Å². The lowest BCUT2D eigenvalue weighted by atomic mass is 10.0. The fraction of sp³-hybridized carbons (Fsp3) is 0.467.